The van der Waals surface area contributed by atoms with E-state index in [0.29, 0.717) is 0 Å². The Balaban J connectivity index is 3.04. The lowest BCUT2D eigenvalue weighted by molar-refractivity contribution is -0.150. The molecule has 1 atom stereocenters. The van der Waals surface area contributed by atoms with Crippen molar-refractivity contribution in [3.63, 3.8) is 0 Å². The predicted octanol–water partition coefficient (Wildman–Crippen LogP) is 6.52. The molecule has 0 aromatic carbocycles. The average Bonchev–Trinajstić information content (AvgIpc) is 2.54. The molecule has 0 saturated carbocycles. The van der Waals surface area contributed by atoms with Crippen molar-refractivity contribution in [2.75, 3.05) is 0 Å². The summed E-state index contributed by atoms with van der Waals surface area (Å²) in [6, 6.07) is 0. The fraction of sp³-hybridized carbons (Fsp3) is 0.950. The molecule has 23 heavy (non-hydrogen) atoms. The quantitative estimate of drug-likeness (QED) is 0.291. The molecule has 1 N–H and O–H groups in total. The zero-order chi connectivity index (χ0) is 17.2. The lowest BCUT2D eigenvalue weighted by Crippen LogP contribution is -2.17. The molecular formula is C20H39O3. The molecule has 0 aromatic heterocycles. The number of unbranched alkanes of at least 4 members (excludes halogenated alkanes) is 15. The van der Waals surface area contributed by atoms with Crippen LogP contribution >= 0.6 is 0 Å². The Morgan fingerprint density at radius 3 is 1.26 bits per heavy atom. The highest BCUT2D eigenvalue weighted by Crippen LogP contribution is 2.14. The fourth-order valence-electron chi connectivity index (χ4n) is 3.00. The molecule has 0 heterocycles. The maximum Gasteiger partial charge on any atom is 0.336 e. The Hall–Kier alpha value is -0.570. The van der Waals surface area contributed by atoms with Gasteiger partial charge in [0, 0.05) is 0 Å². The number of carboxylic acids is 1. The Morgan fingerprint density at radius 1 is 0.652 bits per heavy atom. The maximum absolute atomic E-state index is 11.0. The Labute approximate surface area is 143 Å². The van der Waals surface area contributed by atoms with Crippen LogP contribution in [-0.4, -0.2) is 17.2 Å². The molecule has 1 unspecified atom stereocenters. The van der Waals surface area contributed by atoms with Crippen LogP contribution < -0.4 is 0 Å². The zero-order valence-electron chi connectivity index (χ0n) is 15.4. The maximum atomic E-state index is 11.0. The van der Waals surface area contributed by atoms with Gasteiger partial charge in [-0.05, 0) is 6.42 Å². The van der Waals surface area contributed by atoms with Gasteiger partial charge in [-0.15, -0.1) is 0 Å². The van der Waals surface area contributed by atoms with Crippen LogP contribution in [0.3, 0.4) is 0 Å². The van der Waals surface area contributed by atoms with E-state index < -0.39 is 12.1 Å². The highest BCUT2D eigenvalue weighted by Gasteiger charge is 2.13. The standard InChI is InChI=1S/C20H39O3/c1-2-3-4-5-6-7-8-9-10-11-12-13-14-15-16-17-18-19(21)20(22)23/h19H,2-18H2,1H3,(H,22,23). The Bertz CT molecular complexity index is 253. The number of rotatable bonds is 18. The number of carboxylic acid groups (broad SMARTS) is 1. The zero-order valence-corrected chi connectivity index (χ0v) is 15.4. The van der Waals surface area contributed by atoms with Gasteiger partial charge in [0.2, 0.25) is 0 Å². The third-order valence-electron chi connectivity index (χ3n) is 4.60. The van der Waals surface area contributed by atoms with Crippen LogP contribution in [0.2, 0.25) is 0 Å². The molecule has 3 nitrogen and oxygen atoms in total. The highest BCUT2D eigenvalue weighted by molar-refractivity contribution is 5.71. The van der Waals surface area contributed by atoms with Crippen LogP contribution in [0, 0.1) is 0 Å². The monoisotopic (exact) mass is 327 g/mol. The van der Waals surface area contributed by atoms with Crippen LogP contribution in [0.4, 0.5) is 0 Å². The first-order valence-electron chi connectivity index (χ1n) is 10.1. The van der Waals surface area contributed by atoms with Crippen molar-refractivity contribution >= 4 is 5.97 Å². The van der Waals surface area contributed by atoms with E-state index in [1.165, 1.54) is 83.5 Å². The average molecular weight is 328 g/mol. The predicted molar refractivity (Wildman–Crippen MR) is 96.3 cm³/mol. The van der Waals surface area contributed by atoms with E-state index >= 15 is 0 Å². The van der Waals surface area contributed by atoms with Gasteiger partial charge in [0.1, 0.15) is 0 Å². The van der Waals surface area contributed by atoms with Crippen LogP contribution in [0.5, 0.6) is 0 Å². The summed E-state index contributed by atoms with van der Waals surface area (Å²) in [4.78, 5) is 10.4. The van der Waals surface area contributed by atoms with E-state index in [1.807, 2.05) is 0 Å². The van der Waals surface area contributed by atoms with Gasteiger partial charge >= 0.3 is 5.97 Å². The lowest BCUT2D eigenvalue weighted by Gasteiger charge is -2.04. The third kappa shape index (κ3) is 17.6. The number of carbonyl (C=O) groups is 1. The summed E-state index contributed by atoms with van der Waals surface area (Å²) in [6.07, 6.45) is 19.6. The first-order valence-corrected chi connectivity index (χ1v) is 10.1. The highest BCUT2D eigenvalue weighted by atomic mass is 16.4. The summed E-state index contributed by atoms with van der Waals surface area (Å²) in [5.74, 6) is -1.20. The summed E-state index contributed by atoms with van der Waals surface area (Å²) >= 11 is 0. The summed E-state index contributed by atoms with van der Waals surface area (Å²) in [5, 5.41) is 19.5. The lowest BCUT2D eigenvalue weighted by atomic mass is 10.0. The van der Waals surface area contributed by atoms with Gasteiger partial charge in [0.25, 0.3) is 0 Å². The second kappa shape index (κ2) is 17.8. The summed E-state index contributed by atoms with van der Waals surface area (Å²) in [7, 11) is 0. The van der Waals surface area contributed by atoms with Crippen LogP contribution in [0.25, 0.3) is 0 Å². The van der Waals surface area contributed by atoms with E-state index in [-0.39, 0.29) is 6.42 Å². The molecule has 0 aliphatic heterocycles. The molecule has 0 aromatic rings. The van der Waals surface area contributed by atoms with E-state index in [4.69, 9.17) is 5.11 Å². The van der Waals surface area contributed by atoms with E-state index in [1.54, 1.807) is 0 Å². The summed E-state index contributed by atoms with van der Waals surface area (Å²) in [6.45, 7) is 2.27. The SMILES string of the molecule is CCCCCCCCCCCCCCCCCCC([O])C(=O)O. The molecule has 0 aliphatic rings. The van der Waals surface area contributed by atoms with Gasteiger partial charge in [-0.25, -0.2) is 9.90 Å². The van der Waals surface area contributed by atoms with Crippen molar-refractivity contribution in [3.05, 3.63) is 0 Å². The molecular weight excluding hydrogens is 288 g/mol. The third-order valence-corrected chi connectivity index (χ3v) is 4.60. The normalized spacial score (nSPS) is 12.4. The van der Waals surface area contributed by atoms with Crippen LogP contribution in [-0.2, 0) is 9.90 Å². The van der Waals surface area contributed by atoms with Crippen LogP contribution in [0.1, 0.15) is 116 Å². The van der Waals surface area contributed by atoms with Gasteiger partial charge < -0.3 is 5.11 Å². The molecule has 0 rings (SSSR count). The topological polar surface area (TPSA) is 57.2 Å². The molecule has 0 aliphatic carbocycles. The molecule has 0 spiro atoms. The number of hydrogen-bond donors (Lipinski definition) is 1. The second-order valence-electron chi connectivity index (χ2n) is 6.92. The minimum Gasteiger partial charge on any atom is -0.479 e. The summed E-state index contributed by atoms with van der Waals surface area (Å²) < 4.78 is 0. The minimum atomic E-state index is -1.42. The van der Waals surface area contributed by atoms with Crippen molar-refractivity contribution in [1.82, 2.24) is 0 Å². The molecule has 0 bridgehead atoms. The second-order valence-corrected chi connectivity index (χ2v) is 6.92. The number of hydrogen-bond acceptors (Lipinski definition) is 1. The van der Waals surface area contributed by atoms with E-state index in [9.17, 15) is 9.90 Å². The van der Waals surface area contributed by atoms with Crippen LogP contribution in [0.15, 0.2) is 0 Å². The van der Waals surface area contributed by atoms with Crippen molar-refractivity contribution < 1.29 is 15.0 Å². The van der Waals surface area contributed by atoms with Crippen molar-refractivity contribution in [1.29, 1.82) is 0 Å². The Morgan fingerprint density at radius 2 is 0.957 bits per heavy atom. The number of aliphatic carboxylic acids is 1. The smallest absolute Gasteiger partial charge is 0.336 e. The molecule has 0 amide bonds. The largest absolute Gasteiger partial charge is 0.479 e. The van der Waals surface area contributed by atoms with Crippen molar-refractivity contribution in [2.45, 2.75) is 122 Å². The van der Waals surface area contributed by atoms with Gasteiger partial charge in [-0.3, -0.25) is 0 Å². The fourth-order valence-corrected chi connectivity index (χ4v) is 3.00. The summed E-state index contributed by atoms with van der Waals surface area (Å²) in [5.41, 5.74) is 0. The first-order chi connectivity index (χ1) is 11.2. The van der Waals surface area contributed by atoms with Gasteiger partial charge in [-0.1, -0.05) is 110 Å². The minimum absolute atomic E-state index is 0.285. The molecule has 1 radical (unpaired) electrons. The van der Waals surface area contributed by atoms with E-state index in [2.05, 4.69) is 6.92 Å². The molecule has 137 valence electrons. The molecule has 0 saturated heterocycles. The van der Waals surface area contributed by atoms with Gasteiger partial charge in [0.15, 0.2) is 6.10 Å². The molecule has 3 heteroatoms. The molecule has 0 fully saturated rings. The van der Waals surface area contributed by atoms with Crippen molar-refractivity contribution in [3.8, 4) is 0 Å². The van der Waals surface area contributed by atoms with Gasteiger partial charge in [-0.2, -0.15) is 0 Å². The van der Waals surface area contributed by atoms with Crippen molar-refractivity contribution in [2.24, 2.45) is 0 Å². The van der Waals surface area contributed by atoms with Gasteiger partial charge in [0.05, 0.1) is 0 Å². The van der Waals surface area contributed by atoms with E-state index in [0.717, 1.165) is 19.3 Å². The Kier molecular flexibility index (Phi) is 17.3. The first kappa shape index (κ1) is 22.4.